The van der Waals surface area contributed by atoms with Gasteiger partial charge in [0.25, 0.3) is 0 Å². The summed E-state index contributed by atoms with van der Waals surface area (Å²) in [6.07, 6.45) is 0.771. The topological polar surface area (TPSA) is 60.8 Å². The van der Waals surface area contributed by atoms with E-state index < -0.39 is 6.10 Å². The number of benzene rings is 1. The number of hydrogen-bond acceptors (Lipinski definition) is 5. The van der Waals surface area contributed by atoms with E-state index in [4.69, 9.17) is 14.2 Å². The predicted molar refractivity (Wildman–Crippen MR) is 74.4 cm³/mol. The molecule has 0 saturated carbocycles. The fourth-order valence-corrected chi connectivity index (χ4v) is 1.85. The maximum absolute atomic E-state index is 10.4. The molecule has 0 fully saturated rings. The summed E-state index contributed by atoms with van der Waals surface area (Å²) in [6, 6.07) is 8.75. The second-order valence-corrected chi connectivity index (χ2v) is 4.18. The van der Waals surface area contributed by atoms with Crippen molar-refractivity contribution in [2.24, 2.45) is 0 Å². The molecule has 5 nitrogen and oxygen atoms in total. The zero-order valence-corrected chi connectivity index (χ0v) is 11.7. The van der Waals surface area contributed by atoms with Gasteiger partial charge in [-0.25, -0.2) is 4.98 Å². The molecule has 1 aromatic heterocycles. The van der Waals surface area contributed by atoms with E-state index in [2.05, 4.69) is 4.98 Å². The van der Waals surface area contributed by atoms with Crippen LogP contribution in [0.2, 0.25) is 0 Å². The SMILES string of the molecule is COc1cc(OC)cc(C(O)c2ccc(OC)nc2)c1. The van der Waals surface area contributed by atoms with Crippen LogP contribution in [0.25, 0.3) is 0 Å². The van der Waals surface area contributed by atoms with E-state index in [9.17, 15) is 5.11 Å². The number of nitrogens with zero attached hydrogens (tertiary/aromatic N) is 1. The molecule has 0 aliphatic heterocycles. The molecule has 0 aliphatic rings. The Hall–Kier alpha value is -2.27. The van der Waals surface area contributed by atoms with Gasteiger partial charge in [-0.2, -0.15) is 0 Å². The molecule has 5 heteroatoms. The van der Waals surface area contributed by atoms with Gasteiger partial charge in [0.2, 0.25) is 5.88 Å². The highest BCUT2D eigenvalue weighted by Crippen LogP contribution is 2.29. The minimum Gasteiger partial charge on any atom is -0.497 e. The van der Waals surface area contributed by atoms with Crippen LogP contribution in [-0.2, 0) is 0 Å². The first-order valence-corrected chi connectivity index (χ1v) is 6.09. The van der Waals surface area contributed by atoms with Gasteiger partial charge < -0.3 is 19.3 Å². The van der Waals surface area contributed by atoms with Crippen LogP contribution in [0.5, 0.6) is 17.4 Å². The lowest BCUT2D eigenvalue weighted by Gasteiger charge is -2.14. The van der Waals surface area contributed by atoms with E-state index in [1.165, 1.54) is 0 Å². The van der Waals surface area contributed by atoms with Gasteiger partial charge in [0.1, 0.15) is 17.6 Å². The van der Waals surface area contributed by atoms with Crippen LogP contribution >= 0.6 is 0 Å². The molecule has 1 heterocycles. The maximum atomic E-state index is 10.4. The summed E-state index contributed by atoms with van der Waals surface area (Å²) in [7, 11) is 4.69. The zero-order valence-electron chi connectivity index (χ0n) is 11.7. The minimum absolute atomic E-state index is 0.504. The van der Waals surface area contributed by atoms with E-state index in [1.807, 2.05) is 0 Å². The van der Waals surface area contributed by atoms with Crippen LogP contribution < -0.4 is 14.2 Å². The van der Waals surface area contributed by atoms with Gasteiger partial charge in [-0.15, -0.1) is 0 Å². The second-order valence-electron chi connectivity index (χ2n) is 4.18. The van der Waals surface area contributed by atoms with Crippen molar-refractivity contribution >= 4 is 0 Å². The largest absolute Gasteiger partial charge is 0.497 e. The molecule has 1 atom stereocenters. The highest BCUT2D eigenvalue weighted by Gasteiger charge is 2.14. The van der Waals surface area contributed by atoms with E-state index in [0.717, 1.165) is 0 Å². The summed E-state index contributed by atoms with van der Waals surface area (Å²) in [4.78, 5) is 4.08. The molecule has 0 saturated heterocycles. The van der Waals surface area contributed by atoms with Crippen LogP contribution in [-0.4, -0.2) is 31.4 Å². The molecule has 0 amide bonds. The van der Waals surface area contributed by atoms with Crippen LogP contribution in [0, 0.1) is 0 Å². The number of aromatic nitrogens is 1. The van der Waals surface area contributed by atoms with Crippen molar-refractivity contribution in [3.05, 3.63) is 47.7 Å². The number of rotatable bonds is 5. The number of pyridine rings is 1. The van der Waals surface area contributed by atoms with Crippen molar-refractivity contribution in [2.45, 2.75) is 6.10 Å². The summed E-state index contributed by atoms with van der Waals surface area (Å²) >= 11 is 0. The summed E-state index contributed by atoms with van der Waals surface area (Å²) in [5.41, 5.74) is 1.34. The molecule has 1 unspecified atom stereocenters. The molecule has 0 radical (unpaired) electrons. The van der Waals surface area contributed by atoms with E-state index in [-0.39, 0.29) is 0 Å². The van der Waals surface area contributed by atoms with Gasteiger partial charge in [-0.05, 0) is 23.8 Å². The molecular weight excluding hydrogens is 258 g/mol. The molecule has 1 N–H and O–H groups in total. The molecule has 20 heavy (non-hydrogen) atoms. The van der Waals surface area contributed by atoms with Crippen LogP contribution in [0.15, 0.2) is 36.5 Å². The fraction of sp³-hybridized carbons (Fsp3) is 0.267. The summed E-state index contributed by atoms with van der Waals surface area (Å²) in [5.74, 6) is 1.75. The Morgan fingerprint density at radius 2 is 1.55 bits per heavy atom. The van der Waals surface area contributed by atoms with E-state index >= 15 is 0 Å². The Kier molecular flexibility index (Phi) is 4.42. The van der Waals surface area contributed by atoms with Gasteiger partial charge in [0.15, 0.2) is 0 Å². The van der Waals surface area contributed by atoms with Crippen molar-refractivity contribution in [3.8, 4) is 17.4 Å². The Labute approximate surface area is 117 Å². The van der Waals surface area contributed by atoms with Crippen LogP contribution in [0.4, 0.5) is 0 Å². The minimum atomic E-state index is -0.808. The molecule has 1 aromatic carbocycles. The van der Waals surface area contributed by atoms with E-state index in [1.54, 1.807) is 57.9 Å². The number of aliphatic hydroxyl groups excluding tert-OH is 1. The monoisotopic (exact) mass is 275 g/mol. The van der Waals surface area contributed by atoms with Crippen molar-refractivity contribution in [1.29, 1.82) is 0 Å². The third kappa shape index (κ3) is 3.00. The number of methoxy groups -OCH3 is 3. The third-order valence-corrected chi connectivity index (χ3v) is 2.97. The van der Waals surface area contributed by atoms with Crippen LogP contribution in [0.1, 0.15) is 17.2 Å². The Morgan fingerprint density at radius 1 is 0.900 bits per heavy atom. The first kappa shape index (κ1) is 14.1. The lowest BCUT2D eigenvalue weighted by Crippen LogP contribution is -2.02. The first-order valence-electron chi connectivity index (χ1n) is 6.09. The number of ether oxygens (including phenoxy) is 3. The molecule has 2 rings (SSSR count). The van der Waals surface area contributed by atoms with E-state index in [0.29, 0.717) is 28.5 Å². The van der Waals surface area contributed by atoms with Crippen LogP contribution in [0.3, 0.4) is 0 Å². The third-order valence-electron chi connectivity index (χ3n) is 2.97. The van der Waals surface area contributed by atoms with Crippen molar-refractivity contribution < 1.29 is 19.3 Å². The second kappa shape index (κ2) is 6.25. The van der Waals surface area contributed by atoms with Crippen molar-refractivity contribution in [3.63, 3.8) is 0 Å². The predicted octanol–water partition coefficient (Wildman–Crippen LogP) is 2.19. The highest BCUT2D eigenvalue weighted by molar-refractivity contribution is 5.42. The standard InChI is InChI=1S/C15H17NO4/c1-18-12-6-11(7-13(8-12)19-2)15(17)10-4-5-14(20-3)16-9-10/h4-9,15,17H,1-3H3. The smallest absolute Gasteiger partial charge is 0.212 e. The number of aliphatic hydroxyl groups is 1. The average molecular weight is 275 g/mol. The Bertz CT molecular complexity index is 546. The first-order chi connectivity index (χ1) is 9.67. The highest BCUT2D eigenvalue weighted by atomic mass is 16.5. The lowest BCUT2D eigenvalue weighted by atomic mass is 10.0. The fourth-order valence-electron chi connectivity index (χ4n) is 1.85. The quantitative estimate of drug-likeness (QED) is 0.906. The number of hydrogen-bond donors (Lipinski definition) is 1. The Balaban J connectivity index is 2.33. The maximum Gasteiger partial charge on any atom is 0.212 e. The molecule has 0 aliphatic carbocycles. The normalized spacial score (nSPS) is 11.8. The van der Waals surface area contributed by atoms with Crippen molar-refractivity contribution in [1.82, 2.24) is 4.98 Å². The van der Waals surface area contributed by atoms with Gasteiger partial charge >= 0.3 is 0 Å². The van der Waals surface area contributed by atoms with Crippen molar-refractivity contribution in [2.75, 3.05) is 21.3 Å². The summed E-state index contributed by atoms with van der Waals surface area (Å²) in [5, 5.41) is 10.4. The summed E-state index contributed by atoms with van der Waals surface area (Å²) < 4.78 is 15.4. The average Bonchev–Trinajstić information content (AvgIpc) is 2.53. The lowest BCUT2D eigenvalue weighted by molar-refractivity contribution is 0.218. The molecule has 2 aromatic rings. The molecule has 106 valence electrons. The summed E-state index contributed by atoms with van der Waals surface area (Å²) in [6.45, 7) is 0. The molecular formula is C15H17NO4. The van der Waals surface area contributed by atoms with Gasteiger partial charge in [-0.3, -0.25) is 0 Å². The van der Waals surface area contributed by atoms with Gasteiger partial charge in [0.05, 0.1) is 21.3 Å². The zero-order chi connectivity index (χ0) is 14.5. The van der Waals surface area contributed by atoms with Gasteiger partial charge in [-0.1, -0.05) is 0 Å². The van der Waals surface area contributed by atoms with Gasteiger partial charge in [0, 0.05) is 23.9 Å². The molecule has 0 bridgehead atoms. The Morgan fingerprint density at radius 3 is 2.00 bits per heavy atom. The molecule has 0 spiro atoms.